The van der Waals surface area contributed by atoms with Gasteiger partial charge in [-0.05, 0) is 30.9 Å². The van der Waals surface area contributed by atoms with Crippen molar-refractivity contribution in [1.82, 2.24) is 4.90 Å². The number of hydrogen-bond acceptors (Lipinski definition) is 1. The van der Waals surface area contributed by atoms with Crippen LogP contribution in [0, 0.1) is 6.92 Å². The maximum atomic E-state index is 11.8. The van der Waals surface area contributed by atoms with Gasteiger partial charge in [-0.25, -0.2) is 0 Å². The van der Waals surface area contributed by atoms with Crippen LogP contribution in [-0.2, 0) is 17.8 Å². The molecule has 1 saturated carbocycles. The molecule has 15 heavy (non-hydrogen) atoms. The summed E-state index contributed by atoms with van der Waals surface area (Å²) in [6.45, 7) is 2.94. The molecule has 0 spiro atoms. The van der Waals surface area contributed by atoms with Gasteiger partial charge >= 0.3 is 0 Å². The topological polar surface area (TPSA) is 20.3 Å². The van der Waals surface area contributed by atoms with Crippen molar-refractivity contribution in [3.05, 3.63) is 34.9 Å². The zero-order valence-electron chi connectivity index (χ0n) is 8.99. The summed E-state index contributed by atoms with van der Waals surface area (Å²) < 4.78 is 0. The van der Waals surface area contributed by atoms with E-state index in [2.05, 4.69) is 30.0 Å². The third-order valence-corrected chi connectivity index (χ3v) is 3.35. The van der Waals surface area contributed by atoms with Gasteiger partial charge in [0.25, 0.3) is 0 Å². The van der Waals surface area contributed by atoms with Crippen molar-refractivity contribution in [2.75, 3.05) is 0 Å². The number of benzene rings is 1. The normalized spacial score (nSPS) is 20.3. The fraction of sp³-hybridized carbons (Fsp3) is 0.462. The summed E-state index contributed by atoms with van der Waals surface area (Å²) in [4.78, 5) is 13.9. The Hall–Kier alpha value is -1.31. The van der Waals surface area contributed by atoms with Crippen LogP contribution in [0.1, 0.15) is 29.5 Å². The van der Waals surface area contributed by atoms with Crippen molar-refractivity contribution >= 4 is 5.91 Å². The Morgan fingerprint density at radius 2 is 2.07 bits per heavy atom. The number of amides is 1. The minimum Gasteiger partial charge on any atom is -0.335 e. The molecular weight excluding hydrogens is 186 g/mol. The van der Waals surface area contributed by atoms with Crippen molar-refractivity contribution in [2.24, 2.45) is 0 Å². The van der Waals surface area contributed by atoms with E-state index in [9.17, 15) is 4.79 Å². The van der Waals surface area contributed by atoms with E-state index in [4.69, 9.17) is 0 Å². The molecule has 0 bridgehead atoms. The molecule has 3 rings (SSSR count). The van der Waals surface area contributed by atoms with Gasteiger partial charge in [-0.1, -0.05) is 23.8 Å². The lowest BCUT2D eigenvalue weighted by molar-refractivity contribution is -0.132. The van der Waals surface area contributed by atoms with Crippen molar-refractivity contribution in [2.45, 2.75) is 38.8 Å². The molecule has 0 radical (unpaired) electrons. The SMILES string of the molecule is Cc1ccc2c(c1)CN(C1CC1)C(=O)C2. The van der Waals surface area contributed by atoms with Crippen molar-refractivity contribution < 1.29 is 4.79 Å². The second-order valence-electron chi connectivity index (χ2n) is 4.70. The van der Waals surface area contributed by atoms with Crippen LogP contribution in [0.4, 0.5) is 0 Å². The van der Waals surface area contributed by atoms with Gasteiger partial charge in [0, 0.05) is 12.6 Å². The zero-order chi connectivity index (χ0) is 10.4. The second kappa shape index (κ2) is 3.09. The Morgan fingerprint density at radius 1 is 1.27 bits per heavy atom. The number of carbonyl (C=O) groups excluding carboxylic acids is 1. The number of fused-ring (bicyclic) bond motifs is 1. The highest BCUT2D eigenvalue weighted by Crippen LogP contribution is 2.32. The van der Waals surface area contributed by atoms with Gasteiger partial charge in [0.1, 0.15) is 0 Å². The summed E-state index contributed by atoms with van der Waals surface area (Å²) in [5.74, 6) is 0.314. The summed E-state index contributed by atoms with van der Waals surface area (Å²) in [6, 6.07) is 6.97. The Bertz CT molecular complexity index is 421. The number of carbonyl (C=O) groups is 1. The van der Waals surface area contributed by atoms with Gasteiger partial charge in [-0.2, -0.15) is 0 Å². The van der Waals surface area contributed by atoms with E-state index in [1.54, 1.807) is 0 Å². The van der Waals surface area contributed by atoms with Crippen LogP contribution in [0.2, 0.25) is 0 Å². The zero-order valence-corrected chi connectivity index (χ0v) is 8.99. The maximum absolute atomic E-state index is 11.8. The van der Waals surface area contributed by atoms with Crippen LogP contribution < -0.4 is 0 Å². The summed E-state index contributed by atoms with van der Waals surface area (Å²) in [6.07, 6.45) is 3.01. The van der Waals surface area contributed by atoms with Crippen LogP contribution in [0.25, 0.3) is 0 Å². The predicted molar refractivity (Wildman–Crippen MR) is 58.5 cm³/mol. The Kier molecular flexibility index (Phi) is 1.84. The van der Waals surface area contributed by atoms with Crippen LogP contribution in [-0.4, -0.2) is 16.8 Å². The molecule has 0 unspecified atom stereocenters. The minimum atomic E-state index is 0.314. The fourth-order valence-corrected chi connectivity index (χ4v) is 2.33. The summed E-state index contributed by atoms with van der Waals surface area (Å²) in [5.41, 5.74) is 3.86. The van der Waals surface area contributed by atoms with E-state index in [-0.39, 0.29) is 0 Å². The molecule has 1 heterocycles. The third kappa shape index (κ3) is 1.54. The molecule has 1 amide bonds. The molecule has 1 aliphatic carbocycles. The van der Waals surface area contributed by atoms with Crippen molar-refractivity contribution in [1.29, 1.82) is 0 Å². The molecule has 78 valence electrons. The van der Waals surface area contributed by atoms with E-state index in [1.165, 1.54) is 29.5 Å². The summed E-state index contributed by atoms with van der Waals surface area (Å²) >= 11 is 0. The fourth-order valence-electron chi connectivity index (χ4n) is 2.33. The first kappa shape index (κ1) is 8.96. The number of nitrogens with zero attached hydrogens (tertiary/aromatic N) is 1. The van der Waals surface area contributed by atoms with Crippen LogP contribution in [0.15, 0.2) is 18.2 Å². The van der Waals surface area contributed by atoms with E-state index in [0.29, 0.717) is 18.4 Å². The molecule has 1 aromatic carbocycles. The van der Waals surface area contributed by atoms with Gasteiger partial charge in [-0.3, -0.25) is 4.79 Å². The second-order valence-corrected chi connectivity index (χ2v) is 4.70. The highest BCUT2D eigenvalue weighted by molar-refractivity contribution is 5.81. The lowest BCUT2D eigenvalue weighted by Gasteiger charge is -2.29. The van der Waals surface area contributed by atoms with Gasteiger partial charge < -0.3 is 4.90 Å². The highest BCUT2D eigenvalue weighted by atomic mass is 16.2. The number of hydrogen-bond donors (Lipinski definition) is 0. The van der Waals surface area contributed by atoms with Gasteiger partial charge in [-0.15, -0.1) is 0 Å². The Labute approximate surface area is 89.9 Å². The number of aryl methyl sites for hydroxylation is 1. The summed E-state index contributed by atoms with van der Waals surface area (Å²) in [7, 11) is 0. The van der Waals surface area contributed by atoms with Gasteiger partial charge in [0.05, 0.1) is 6.42 Å². The van der Waals surface area contributed by atoms with Crippen LogP contribution in [0.3, 0.4) is 0 Å². The van der Waals surface area contributed by atoms with Crippen molar-refractivity contribution in [3.63, 3.8) is 0 Å². The smallest absolute Gasteiger partial charge is 0.227 e. The molecule has 0 saturated heterocycles. The van der Waals surface area contributed by atoms with Crippen LogP contribution >= 0.6 is 0 Å². The Balaban J connectivity index is 1.95. The van der Waals surface area contributed by atoms with E-state index in [1.807, 2.05) is 0 Å². The monoisotopic (exact) mass is 201 g/mol. The maximum Gasteiger partial charge on any atom is 0.227 e. The van der Waals surface area contributed by atoms with Gasteiger partial charge in [0.2, 0.25) is 5.91 Å². The van der Waals surface area contributed by atoms with Crippen molar-refractivity contribution in [3.8, 4) is 0 Å². The first-order valence-corrected chi connectivity index (χ1v) is 5.62. The average molecular weight is 201 g/mol. The number of rotatable bonds is 1. The lowest BCUT2D eigenvalue weighted by atomic mass is 9.97. The highest BCUT2D eigenvalue weighted by Gasteiger charge is 2.35. The molecule has 1 fully saturated rings. The predicted octanol–water partition coefficient (Wildman–Crippen LogP) is 2.04. The quantitative estimate of drug-likeness (QED) is 0.681. The lowest BCUT2D eigenvalue weighted by Crippen LogP contribution is -2.37. The summed E-state index contributed by atoms with van der Waals surface area (Å²) in [5, 5.41) is 0. The van der Waals surface area contributed by atoms with E-state index < -0.39 is 0 Å². The van der Waals surface area contributed by atoms with Gasteiger partial charge in [0.15, 0.2) is 0 Å². The third-order valence-electron chi connectivity index (χ3n) is 3.35. The first-order valence-electron chi connectivity index (χ1n) is 5.62. The van der Waals surface area contributed by atoms with E-state index in [0.717, 1.165) is 6.54 Å². The average Bonchev–Trinajstić information content (AvgIpc) is 3.01. The minimum absolute atomic E-state index is 0.314. The van der Waals surface area contributed by atoms with Crippen LogP contribution in [0.5, 0.6) is 0 Å². The molecule has 0 atom stereocenters. The van der Waals surface area contributed by atoms with E-state index >= 15 is 0 Å². The Morgan fingerprint density at radius 3 is 2.80 bits per heavy atom. The molecule has 2 nitrogen and oxygen atoms in total. The standard InChI is InChI=1S/C13H15NO/c1-9-2-3-10-7-13(15)14(12-4-5-12)8-11(10)6-9/h2-3,6,12H,4-5,7-8H2,1H3. The largest absolute Gasteiger partial charge is 0.335 e. The molecule has 1 aromatic rings. The molecule has 1 aliphatic heterocycles. The first-order chi connectivity index (χ1) is 7.24. The molecule has 0 N–H and O–H groups in total. The molecule has 0 aromatic heterocycles. The molecule has 2 aliphatic rings. The molecular formula is C13H15NO. The molecule has 2 heteroatoms.